The van der Waals surface area contributed by atoms with Crippen molar-refractivity contribution in [1.29, 1.82) is 0 Å². The van der Waals surface area contributed by atoms with Crippen molar-refractivity contribution in [2.24, 2.45) is 17.8 Å². The third-order valence-electron chi connectivity index (χ3n) is 7.07. The number of nitrogens with one attached hydrogen (secondary N) is 1. The Bertz CT molecular complexity index is 1020. The topological polar surface area (TPSA) is 74.8 Å². The molecule has 0 spiro atoms. The van der Waals surface area contributed by atoms with E-state index in [0.717, 1.165) is 18.7 Å². The smallest absolute Gasteiger partial charge is 0.270 e. The molecule has 181 valence electrons. The number of likely N-dealkylation sites (tertiary alicyclic amines) is 1. The molecule has 7 heteroatoms. The maximum Gasteiger partial charge on any atom is 0.270 e. The van der Waals surface area contributed by atoms with E-state index >= 15 is 0 Å². The Morgan fingerprint density at radius 3 is 2.47 bits per heavy atom. The van der Waals surface area contributed by atoms with Crippen LogP contribution in [0, 0.1) is 23.8 Å². The van der Waals surface area contributed by atoms with E-state index in [-0.39, 0.29) is 17.2 Å². The van der Waals surface area contributed by atoms with Gasteiger partial charge in [-0.1, -0.05) is 32.9 Å². The second kappa shape index (κ2) is 9.74. The molecule has 34 heavy (non-hydrogen) atoms. The van der Waals surface area contributed by atoms with Crippen LogP contribution in [0.1, 0.15) is 47.2 Å². The number of aromatic nitrogens is 1. The number of piperidine rings is 1. The summed E-state index contributed by atoms with van der Waals surface area (Å²) in [5, 5.41) is 3.02. The maximum absolute atomic E-state index is 12.9. The Morgan fingerprint density at radius 2 is 1.85 bits per heavy atom. The van der Waals surface area contributed by atoms with Gasteiger partial charge in [0.25, 0.3) is 11.8 Å². The van der Waals surface area contributed by atoms with Gasteiger partial charge in [0.15, 0.2) is 0 Å². The molecular weight excluding hydrogens is 428 g/mol. The van der Waals surface area contributed by atoms with Crippen molar-refractivity contribution in [2.45, 2.75) is 26.2 Å². The Morgan fingerprint density at radius 1 is 1.18 bits per heavy atom. The fourth-order valence-electron chi connectivity index (χ4n) is 4.76. The van der Waals surface area contributed by atoms with Gasteiger partial charge in [-0.15, -0.1) is 0 Å². The number of likely N-dealkylation sites (N-methyl/N-ethyl adjacent to an activating group) is 1. The van der Waals surface area contributed by atoms with Crippen molar-refractivity contribution in [3.05, 3.63) is 59.3 Å². The second-order valence-electron chi connectivity index (χ2n) is 10.4. The molecule has 1 aliphatic carbocycles. The molecular formula is C27H35N4O3. The number of methoxy groups -OCH3 is 1. The minimum Gasteiger partial charge on any atom is -0.383 e. The van der Waals surface area contributed by atoms with Crippen LogP contribution >= 0.6 is 0 Å². The Labute approximate surface area is 202 Å². The Hall–Kier alpha value is -2.93. The van der Waals surface area contributed by atoms with Crippen LogP contribution in [0.3, 0.4) is 0 Å². The van der Waals surface area contributed by atoms with Gasteiger partial charge in [0.05, 0.1) is 6.61 Å². The number of fused-ring (bicyclic) bond motifs is 1. The molecule has 1 aromatic carbocycles. The quantitative estimate of drug-likeness (QED) is 0.652. The normalized spacial score (nSPS) is 21.2. The Balaban J connectivity index is 1.25. The number of carbonyl (C=O) groups is 2. The predicted octanol–water partition coefficient (Wildman–Crippen LogP) is 3.01. The van der Waals surface area contributed by atoms with Crippen molar-refractivity contribution in [1.82, 2.24) is 15.2 Å². The van der Waals surface area contributed by atoms with Gasteiger partial charge in [-0.05, 0) is 53.0 Å². The van der Waals surface area contributed by atoms with E-state index in [1.54, 1.807) is 13.2 Å². The van der Waals surface area contributed by atoms with Gasteiger partial charge in [0.2, 0.25) is 0 Å². The lowest BCUT2D eigenvalue weighted by molar-refractivity contribution is 0.0764. The highest BCUT2D eigenvalue weighted by Gasteiger charge is 2.56. The highest BCUT2D eigenvalue weighted by atomic mass is 16.5. The van der Waals surface area contributed by atoms with Gasteiger partial charge < -0.3 is 19.9 Å². The van der Waals surface area contributed by atoms with Gasteiger partial charge in [0.1, 0.15) is 11.5 Å². The number of rotatable bonds is 8. The highest BCUT2D eigenvalue weighted by Crippen LogP contribution is 2.51. The van der Waals surface area contributed by atoms with Crippen LogP contribution < -0.4 is 10.2 Å². The fourth-order valence-corrected chi connectivity index (χ4v) is 4.76. The van der Waals surface area contributed by atoms with E-state index < -0.39 is 0 Å². The first-order valence-corrected chi connectivity index (χ1v) is 12.0. The summed E-state index contributed by atoms with van der Waals surface area (Å²) in [4.78, 5) is 33.9. The molecule has 1 saturated heterocycles. The van der Waals surface area contributed by atoms with E-state index in [4.69, 9.17) is 4.74 Å². The van der Waals surface area contributed by atoms with E-state index in [1.807, 2.05) is 35.0 Å². The van der Waals surface area contributed by atoms with E-state index in [2.05, 4.69) is 49.3 Å². The first kappa shape index (κ1) is 24.2. The number of ether oxygens (including phenoxy) is 1. The summed E-state index contributed by atoms with van der Waals surface area (Å²) in [5.41, 5.74) is 2.34. The zero-order valence-corrected chi connectivity index (χ0v) is 20.8. The lowest BCUT2D eigenvalue weighted by Gasteiger charge is -2.22. The van der Waals surface area contributed by atoms with Crippen LogP contribution in [0.25, 0.3) is 0 Å². The SMILES string of the molecule is COCCN(C)c1cc[c]c(C(=O)NCC2C3CN(C(=O)c4ccc(C(C)(C)C)cc4)CC23)n1. The molecule has 1 aromatic heterocycles. The van der Waals surface area contributed by atoms with Crippen LogP contribution in [-0.2, 0) is 10.2 Å². The zero-order valence-electron chi connectivity index (χ0n) is 20.8. The number of hydrogen-bond donors (Lipinski definition) is 1. The minimum atomic E-state index is -0.209. The number of pyridine rings is 1. The number of benzene rings is 1. The van der Waals surface area contributed by atoms with Gasteiger partial charge >= 0.3 is 0 Å². The highest BCUT2D eigenvalue weighted by molar-refractivity contribution is 5.94. The number of amides is 2. The van der Waals surface area contributed by atoms with Gasteiger partial charge in [-0.25, -0.2) is 4.98 Å². The van der Waals surface area contributed by atoms with Gasteiger partial charge in [-0.2, -0.15) is 0 Å². The first-order valence-electron chi connectivity index (χ1n) is 12.0. The van der Waals surface area contributed by atoms with Gasteiger partial charge in [-0.3, -0.25) is 9.59 Å². The molecule has 4 rings (SSSR count). The second-order valence-corrected chi connectivity index (χ2v) is 10.4. The van der Waals surface area contributed by atoms with Crippen LogP contribution in [0.15, 0.2) is 36.4 Å². The van der Waals surface area contributed by atoms with Crippen molar-refractivity contribution >= 4 is 17.6 Å². The summed E-state index contributed by atoms with van der Waals surface area (Å²) in [7, 11) is 3.58. The van der Waals surface area contributed by atoms with Crippen LogP contribution in [0.4, 0.5) is 5.82 Å². The summed E-state index contributed by atoms with van der Waals surface area (Å²) < 4.78 is 5.10. The summed E-state index contributed by atoms with van der Waals surface area (Å²) in [6.07, 6.45) is 0. The number of nitrogens with zero attached hydrogens (tertiary/aromatic N) is 3. The number of carbonyl (C=O) groups excluding carboxylic acids is 2. The van der Waals surface area contributed by atoms with E-state index in [1.165, 1.54) is 5.56 Å². The van der Waals surface area contributed by atoms with Crippen molar-refractivity contribution in [3.63, 3.8) is 0 Å². The minimum absolute atomic E-state index is 0.0725. The third-order valence-corrected chi connectivity index (χ3v) is 7.07. The summed E-state index contributed by atoms with van der Waals surface area (Å²) in [6.45, 7) is 9.91. The third kappa shape index (κ3) is 5.25. The first-order chi connectivity index (χ1) is 16.2. The average molecular weight is 464 g/mol. The number of anilines is 1. The lowest BCUT2D eigenvalue weighted by Crippen LogP contribution is -2.34. The molecule has 7 nitrogen and oxygen atoms in total. The molecule has 1 aliphatic heterocycles. The predicted molar refractivity (Wildman–Crippen MR) is 132 cm³/mol. The molecule has 2 atom stereocenters. The zero-order chi connectivity index (χ0) is 24.5. The molecule has 2 heterocycles. The standard InChI is InChI=1S/C27H35N4O3/c1-27(2,3)19-11-9-18(10-12-19)26(33)31-16-21-20(22(21)17-31)15-28-25(32)23-7-6-8-24(29-23)30(4)13-14-34-5/h6,8-12,20-22H,13-17H2,1-5H3,(H,28,32). The van der Waals surface area contributed by atoms with E-state index in [9.17, 15) is 9.59 Å². The summed E-state index contributed by atoms with van der Waals surface area (Å²) >= 11 is 0. The maximum atomic E-state index is 12.9. The largest absolute Gasteiger partial charge is 0.383 e. The monoisotopic (exact) mass is 463 g/mol. The van der Waals surface area contributed by atoms with Crippen LogP contribution in [-0.4, -0.2) is 68.6 Å². The summed E-state index contributed by atoms with van der Waals surface area (Å²) in [5.74, 6) is 1.95. The molecule has 1 N–H and O–H groups in total. The summed E-state index contributed by atoms with van der Waals surface area (Å²) in [6, 6.07) is 14.5. The molecule has 1 radical (unpaired) electrons. The number of hydrogen-bond acceptors (Lipinski definition) is 5. The lowest BCUT2D eigenvalue weighted by atomic mass is 9.86. The average Bonchev–Trinajstić information content (AvgIpc) is 3.28. The Kier molecular flexibility index (Phi) is 6.94. The molecule has 2 aromatic rings. The molecule has 0 bridgehead atoms. The van der Waals surface area contributed by atoms with Crippen molar-refractivity contribution < 1.29 is 14.3 Å². The van der Waals surface area contributed by atoms with Crippen molar-refractivity contribution in [2.75, 3.05) is 51.8 Å². The van der Waals surface area contributed by atoms with Gasteiger partial charge in [0, 0.05) is 52.0 Å². The van der Waals surface area contributed by atoms with Crippen molar-refractivity contribution in [3.8, 4) is 0 Å². The van der Waals surface area contributed by atoms with E-state index in [0.29, 0.717) is 49.0 Å². The van der Waals surface area contributed by atoms with Crippen LogP contribution in [0.5, 0.6) is 0 Å². The molecule has 2 aliphatic rings. The molecule has 2 fully saturated rings. The molecule has 2 amide bonds. The molecule has 2 unspecified atom stereocenters. The molecule has 1 saturated carbocycles. The fraction of sp³-hybridized carbons (Fsp3) is 0.519. The van der Waals surface area contributed by atoms with Crippen LogP contribution in [0.2, 0.25) is 0 Å².